The molecule has 0 aromatic heterocycles. The van der Waals surface area contributed by atoms with E-state index in [9.17, 15) is 4.79 Å². The van der Waals surface area contributed by atoms with E-state index < -0.39 is 0 Å². The highest BCUT2D eigenvalue weighted by Gasteiger charge is 1.97. The van der Waals surface area contributed by atoms with Gasteiger partial charge in [-0.15, -0.1) is 0 Å². The first kappa shape index (κ1) is 9.71. The lowest BCUT2D eigenvalue weighted by Crippen LogP contribution is -1.97. The molecule has 15 heavy (non-hydrogen) atoms. The van der Waals surface area contributed by atoms with E-state index in [-0.39, 0.29) is 5.43 Å². The van der Waals surface area contributed by atoms with Gasteiger partial charge in [0.25, 0.3) is 0 Å². The average molecular weight is 200 g/mol. The Hall–Kier alpha value is -1.83. The molecule has 0 aliphatic rings. The van der Waals surface area contributed by atoms with Crippen LogP contribution in [-0.2, 0) is 0 Å². The van der Waals surface area contributed by atoms with Crippen LogP contribution in [-0.4, -0.2) is 6.61 Å². The van der Waals surface area contributed by atoms with Crippen molar-refractivity contribution in [3.05, 3.63) is 52.7 Å². The Morgan fingerprint density at radius 3 is 2.73 bits per heavy atom. The third-order valence-electron chi connectivity index (χ3n) is 2.24. The molecule has 0 spiro atoms. The lowest BCUT2D eigenvalue weighted by Gasteiger charge is -1.96. The first-order valence-corrected chi connectivity index (χ1v) is 4.97. The van der Waals surface area contributed by atoms with Crippen molar-refractivity contribution in [3.8, 4) is 5.75 Å². The number of rotatable bonds is 2. The fourth-order valence-electron chi connectivity index (χ4n) is 1.55. The highest BCUT2D eigenvalue weighted by atomic mass is 16.5. The van der Waals surface area contributed by atoms with Crippen LogP contribution in [0.15, 0.2) is 47.3 Å². The third kappa shape index (κ3) is 1.99. The van der Waals surface area contributed by atoms with E-state index in [2.05, 4.69) is 0 Å². The largest absolute Gasteiger partial charge is 0.494 e. The fraction of sp³-hybridized carbons (Fsp3) is 0.154. The summed E-state index contributed by atoms with van der Waals surface area (Å²) < 4.78 is 5.32. The molecule has 0 amide bonds. The summed E-state index contributed by atoms with van der Waals surface area (Å²) in [6.07, 6.45) is 0. The topological polar surface area (TPSA) is 26.3 Å². The number of ether oxygens (including phenoxy) is 1. The van der Waals surface area contributed by atoms with Gasteiger partial charge in [0.05, 0.1) is 6.61 Å². The maximum atomic E-state index is 11.8. The van der Waals surface area contributed by atoms with E-state index in [0.717, 1.165) is 10.8 Å². The van der Waals surface area contributed by atoms with E-state index in [0.29, 0.717) is 12.4 Å². The summed E-state index contributed by atoms with van der Waals surface area (Å²) >= 11 is 0. The molecule has 2 nitrogen and oxygen atoms in total. The summed E-state index contributed by atoms with van der Waals surface area (Å²) in [5.41, 5.74) is -0.000880. The highest BCUT2D eigenvalue weighted by Crippen LogP contribution is 2.12. The standard InChI is InChI=1S/C13H12O2/c1-2-15-11-8-7-10-5-3-4-6-12(10)13(14)9-11/h3-9H,2H2,1H3. The van der Waals surface area contributed by atoms with Gasteiger partial charge in [0.2, 0.25) is 0 Å². The molecule has 0 N–H and O–H groups in total. The smallest absolute Gasteiger partial charge is 0.190 e. The Morgan fingerprint density at radius 1 is 1.13 bits per heavy atom. The van der Waals surface area contributed by atoms with Gasteiger partial charge in [-0.3, -0.25) is 4.79 Å². The van der Waals surface area contributed by atoms with Gasteiger partial charge < -0.3 is 4.74 Å². The SMILES string of the molecule is CCOc1ccc2ccccc2c(=O)c1. The van der Waals surface area contributed by atoms with Crippen molar-refractivity contribution in [2.75, 3.05) is 6.61 Å². The molecule has 76 valence electrons. The van der Waals surface area contributed by atoms with Crippen LogP contribution in [0, 0.1) is 0 Å². The lowest BCUT2D eigenvalue weighted by atomic mass is 10.2. The zero-order valence-corrected chi connectivity index (χ0v) is 8.57. The van der Waals surface area contributed by atoms with Gasteiger partial charge >= 0.3 is 0 Å². The van der Waals surface area contributed by atoms with Crippen molar-refractivity contribution in [3.63, 3.8) is 0 Å². The normalized spacial score (nSPS) is 10.2. The first-order chi connectivity index (χ1) is 7.31. The third-order valence-corrected chi connectivity index (χ3v) is 2.24. The summed E-state index contributed by atoms with van der Waals surface area (Å²) in [6, 6.07) is 12.8. The molecule has 2 heteroatoms. The number of hydrogen-bond acceptors (Lipinski definition) is 2. The quantitative estimate of drug-likeness (QED) is 0.744. The van der Waals surface area contributed by atoms with Crippen LogP contribution < -0.4 is 10.2 Å². The second-order valence-corrected chi connectivity index (χ2v) is 3.26. The zero-order chi connectivity index (χ0) is 10.7. The Bertz CT molecular complexity index is 532. The maximum absolute atomic E-state index is 11.8. The molecule has 0 fully saturated rings. The summed E-state index contributed by atoms with van der Waals surface area (Å²) in [7, 11) is 0. The Labute approximate surface area is 88.1 Å². The second-order valence-electron chi connectivity index (χ2n) is 3.26. The lowest BCUT2D eigenvalue weighted by molar-refractivity contribution is 0.340. The molecule has 2 aromatic carbocycles. The molecule has 2 rings (SSSR count). The summed E-state index contributed by atoms with van der Waals surface area (Å²) in [5.74, 6) is 0.624. The summed E-state index contributed by atoms with van der Waals surface area (Å²) in [6.45, 7) is 2.47. The predicted molar refractivity (Wildman–Crippen MR) is 61.4 cm³/mol. The van der Waals surface area contributed by atoms with Crippen LogP contribution in [0.1, 0.15) is 6.92 Å². The van der Waals surface area contributed by atoms with Gasteiger partial charge in [-0.2, -0.15) is 0 Å². The van der Waals surface area contributed by atoms with Crippen molar-refractivity contribution in [1.29, 1.82) is 0 Å². The minimum atomic E-state index is -0.000880. The molecular weight excluding hydrogens is 188 g/mol. The Morgan fingerprint density at radius 2 is 1.93 bits per heavy atom. The fourth-order valence-corrected chi connectivity index (χ4v) is 1.55. The van der Waals surface area contributed by atoms with Gasteiger partial charge in [-0.1, -0.05) is 30.3 Å². The minimum Gasteiger partial charge on any atom is -0.494 e. The first-order valence-electron chi connectivity index (χ1n) is 4.97. The Balaban J connectivity index is 2.72. The maximum Gasteiger partial charge on any atom is 0.190 e. The molecular formula is C13H12O2. The predicted octanol–water partition coefficient (Wildman–Crippen LogP) is 2.60. The van der Waals surface area contributed by atoms with Crippen LogP contribution in [0.2, 0.25) is 0 Å². The summed E-state index contributed by atoms with van der Waals surface area (Å²) in [4.78, 5) is 11.8. The molecule has 0 saturated carbocycles. The van der Waals surface area contributed by atoms with Crippen LogP contribution >= 0.6 is 0 Å². The molecule has 0 aliphatic heterocycles. The average Bonchev–Trinajstić information content (AvgIpc) is 2.40. The number of hydrogen-bond donors (Lipinski definition) is 0. The van der Waals surface area contributed by atoms with Crippen molar-refractivity contribution < 1.29 is 4.74 Å². The van der Waals surface area contributed by atoms with E-state index in [1.54, 1.807) is 0 Å². The molecule has 0 atom stereocenters. The zero-order valence-electron chi connectivity index (χ0n) is 8.57. The van der Waals surface area contributed by atoms with Gasteiger partial charge in [-0.25, -0.2) is 0 Å². The molecule has 0 unspecified atom stereocenters. The van der Waals surface area contributed by atoms with Crippen molar-refractivity contribution in [2.24, 2.45) is 0 Å². The van der Waals surface area contributed by atoms with E-state index in [1.807, 2.05) is 43.3 Å². The van der Waals surface area contributed by atoms with Crippen LogP contribution in [0.4, 0.5) is 0 Å². The second kappa shape index (κ2) is 4.13. The molecule has 0 bridgehead atoms. The van der Waals surface area contributed by atoms with Crippen molar-refractivity contribution in [2.45, 2.75) is 6.92 Å². The van der Waals surface area contributed by atoms with Crippen molar-refractivity contribution in [1.82, 2.24) is 0 Å². The van der Waals surface area contributed by atoms with E-state index in [1.165, 1.54) is 6.07 Å². The van der Waals surface area contributed by atoms with Gasteiger partial charge in [0.1, 0.15) is 5.75 Å². The monoisotopic (exact) mass is 200 g/mol. The Kier molecular flexibility index (Phi) is 2.68. The molecule has 0 aliphatic carbocycles. The number of benzene rings is 1. The molecule has 0 heterocycles. The van der Waals surface area contributed by atoms with Crippen LogP contribution in [0.3, 0.4) is 0 Å². The molecule has 2 aromatic rings. The molecule has 0 saturated heterocycles. The summed E-state index contributed by atoms with van der Waals surface area (Å²) in [5, 5.41) is 1.66. The van der Waals surface area contributed by atoms with E-state index in [4.69, 9.17) is 4.74 Å². The van der Waals surface area contributed by atoms with Gasteiger partial charge in [0.15, 0.2) is 5.43 Å². The van der Waals surface area contributed by atoms with Gasteiger partial charge in [-0.05, 0) is 18.4 Å². The number of fused-ring (bicyclic) bond motifs is 1. The van der Waals surface area contributed by atoms with Crippen LogP contribution in [0.5, 0.6) is 5.75 Å². The van der Waals surface area contributed by atoms with E-state index >= 15 is 0 Å². The van der Waals surface area contributed by atoms with Crippen LogP contribution in [0.25, 0.3) is 10.8 Å². The minimum absolute atomic E-state index is 0.000880. The van der Waals surface area contributed by atoms with Gasteiger partial charge in [0, 0.05) is 11.5 Å². The highest BCUT2D eigenvalue weighted by molar-refractivity contribution is 5.81. The van der Waals surface area contributed by atoms with Crippen molar-refractivity contribution >= 4 is 10.8 Å². The molecule has 0 radical (unpaired) electrons.